The molecule has 1 fully saturated rings. The Morgan fingerprint density at radius 1 is 1.17 bits per heavy atom. The number of aromatic nitrogens is 3. The van der Waals surface area contributed by atoms with Gasteiger partial charge in [-0.05, 0) is 83.0 Å². The van der Waals surface area contributed by atoms with Crippen LogP contribution in [0, 0.1) is 12.7 Å². The molecule has 1 aliphatic heterocycles. The fourth-order valence-electron chi connectivity index (χ4n) is 4.15. The Hall–Kier alpha value is -3.59. The summed E-state index contributed by atoms with van der Waals surface area (Å²) < 4.78 is 25.0. The van der Waals surface area contributed by atoms with Crippen molar-refractivity contribution in [1.29, 1.82) is 0 Å². The molecule has 8 nitrogen and oxygen atoms in total. The molecule has 3 aromatic rings. The minimum Gasteiger partial charge on any atom is -0.447 e. The predicted molar refractivity (Wildman–Crippen MR) is 136 cm³/mol. The lowest BCUT2D eigenvalue weighted by Gasteiger charge is -2.31. The van der Waals surface area contributed by atoms with Gasteiger partial charge in [-0.1, -0.05) is 6.07 Å². The fraction of sp³-hybridized carbons (Fsp3) is 0.407. The Labute approximate surface area is 210 Å². The molecule has 9 heteroatoms. The first-order valence-electron chi connectivity index (χ1n) is 12.0. The maximum atomic E-state index is 13.6. The third-order valence-electron chi connectivity index (χ3n) is 5.96. The maximum Gasteiger partial charge on any atom is 0.416 e. The van der Waals surface area contributed by atoms with E-state index < -0.39 is 6.09 Å². The number of carbonyl (C=O) groups is 1. The van der Waals surface area contributed by atoms with Gasteiger partial charge >= 0.3 is 6.09 Å². The lowest BCUT2D eigenvalue weighted by molar-refractivity contribution is -0.0618. The van der Waals surface area contributed by atoms with Crippen LogP contribution < -0.4 is 10.2 Å². The van der Waals surface area contributed by atoms with Gasteiger partial charge < -0.3 is 14.8 Å². The number of cyclic esters (lactones) is 1. The Morgan fingerprint density at radius 3 is 2.61 bits per heavy atom. The minimum absolute atomic E-state index is 0.152. The van der Waals surface area contributed by atoms with Crippen molar-refractivity contribution < 1.29 is 18.7 Å². The molecule has 1 saturated heterocycles. The van der Waals surface area contributed by atoms with E-state index in [1.807, 2.05) is 46.8 Å². The van der Waals surface area contributed by atoms with Gasteiger partial charge in [0.05, 0.1) is 23.4 Å². The van der Waals surface area contributed by atoms with Crippen molar-refractivity contribution in [3.63, 3.8) is 0 Å². The third kappa shape index (κ3) is 5.79. The number of amides is 1. The van der Waals surface area contributed by atoms with E-state index in [4.69, 9.17) is 9.47 Å². The normalized spacial score (nSPS) is 17.6. The van der Waals surface area contributed by atoms with Gasteiger partial charge in [0.1, 0.15) is 24.3 Å². The molecular formula is C27H32FN5O3. The van der Waals surface area contributed by atoms with E-state index >= 15 is 0 Å². The molecule has 1 aromatic carbocycles. The molecule has 190 valence electrons. The van der Waals surface area contributed by atoms with Gasteiger partial charge in [0, 0.05) is 18.0 Å². The van der Waals surface area contributed by atoms with Crippen molar-refractivity contribution in [2.75, 3.05) is 16.8 Å². The van der Waals surface area contributed by atoms with Crippen LogP contribution in [0.1, 0.15) is 51.8 Å². The van der Waals surface area contributed by atoms with Gasteiger partial charge in [-0.25, -0.2) is 14.2 Å². The van der Waals surface area contributed by atoms with Crippen molar-refractivity contribution in [1.82, 2.24) is 15.0 Å². The van der Waals surface area contributed by atoms with Crippen molar-refractivity contribution in [2.45, 2.75) is 65.3 Å². The summed E-state index contributed by atoms with van der Waals surface area (Å²) >= 11 is 0. The number of anilines is 2. The maximum absolute atomic E-state index is 13.6. The van der Waals surface area contributed by atoms with Crippen LogP contribution in [0.15, 0.2) is 48.8 Å². The van der Waals surface area contributed by atoms with Gasteiger partial charge in [-0.15, -0.1) is 0 Å². The SMILES string of the molecule is Cc1cc(-c2ccc([C@H](C)Nc3nccc(N4C(=O)OC[C@@H]4[C@@H](C)OC(C)(C)C)n3)cn2)ccc1F. The second-order valence-corrected chi connectivity index (χ2v) is 9.99. The number of nitrogens with zero attached hydrogens (tertiary/aromatic N) is 4. The average Bonchev–Trinajstić information content (AvgIpc) is 3.21. The lowest BCUT2D eigenvalue weighted by Crippen LogP contribution is -2.45. The molecular weight excluding hydrogens is 461 g/mol. The predicted octanol–water partition coefficient (Wildman–Crippen LogP) is 5.69. The number of carbonyl (C=O) groups excluding carboxylic acids is 1. The zero-order chi connectivity index (χ0) is 26.0. The van der Waals surface area contributed by atoms with Crippen LogP contribution in [0.3, 0.4) is 0 Å². The molecule has 3 atom stereocenters. The van der Waals surface area contributed by atoms with Gasteiger partial charge in [0.15, 0.2) is 0 Å². The van der Waals surface area contributed by atoms with E-state index in [0.717, 1.165) is 16.8 Å². The third-order valence-corrected chi connectivity index (χ3v) is 5.96. The molecule has 1 N–H and O–H groups in total. The summed E-state index contributed by atoms with van der Waals surface area (Å²) in [7, 11) is 0. The summed E-state index contributed by atoms with van der Waals surface area (Å²) in [5, 5.41) is 3.27. The Bertz CT molecular complexity index is 1230. The van der Waals surface area contributed by atoms with E-state index in [9.17, 15) is 9.18 Å². The summed E-state index contributed by atoms with van der Waals surface area (Å²) in [4.78, 5) is 27.5. The first-order chi connectivity index (χ1) is 17.0. The van der Waals surface area contributed by atoms with E-state index in [0.29, 0.717) is 17.3 Å². The number of halogens is 1. The highest BCUT2D eigenvalue weighted by atomic mass is 19.1. The first kappa shape index (κ1) is 25.5. The summed E-state index contributed by atoms with van der Waals surface area (Å²) in [6, 6.07) is 10.0. The van der Waals surface area contributed by atoms with E-state index in [1.54, 1.807) is 37.5 Å². The average molecular weight is 494 g/mol. The molecule has 4 rings (SSSR count). The Morgan fingerprint density at radius 2 is 1.94 bits per heavy atom. The van der Waals surface area contributed by atoms with Gasteiger partial charge in [0.25, 0.3) is 0 Å². The van der Waals surface area contributed by atoms with Gasteiger partial charge in [0.2, 0.25) is 5.95 Å². The number of aryl methyl sites for hydroxylation is 1. The highest BCUT2D eigenvalue weighted by molar-refractivity contribution is 5.89. The van der Waals surface area contributed by atoms with Gasteiger partial charge in [-0.3, -0.25) is 9.88 Å². The molecule has 2 aromatic heterocycles. The first-order valence-corrected chi connectivity index (χ1v) is 12.0. The van der Waals surface area contributed by atoms with Crippen molar-refractivity contribution in [3.05, 3.63) is 65.7 Å². The molecule has 0 saturated carbocycles. The molecule has 1 aliphatic rings. The molecule has 0 radical (unpaired) electrons. The largest absolute Gasteiger partial charge is 0.447 e. The monoisotopic (exact) mass is 493 g/mol. The van der Waals surface area contributed by atoms with Gasteiger partial charge in [-0.2, -0.15) is 4.98 Å². The van der Waals surface area contributed by atoms with Crippen molar-refractivity contribution in [3.8, 4) is 11.3 Å². The summed E-state index contributed by atoms with van der Waals surface area (Å²) in [6.07, 6.45) is 2.66. The van der Waals surface area contributed by atoms with Crippen LogP contribution in [0.5, 0.6) is 0 Å². The molecule has 36 heavy (non-hydrogen) atoms. The molecule has 1 amide bonds. The number of ether oxygens (including phenoxy) is 2. The van der Waals surface area contributed by atoms with E-state index in [1.165, 1.54) is 11.0 Å². The smallest absolute Gasteiger partial charge is 0.416 e. The molecule has 3 heterocycles. The number of benzene rings is 1. The highest BCUT2D eigenvalue weighted by Gasteiger charge is 2.40. The van der Waals surface area contributed by atoms with Crippen LogP contribution in [0.4, 0.5) is 21.0 Å². The Balaban J connectivity index is 1.48. The molecule has 0 aliphatic carbocycles. The standard InChI is InChI=1S/C27H32FN5O3/c1-16-13-19(7-9-21(16)28)22-10-8-20(14-30-22)17(2)31-25-29-12-11-24(32-25)33-23(15-35-26(33)34)18(3)36-27(4,5)6/h7-14,17-18,23H,15H2,1-6H3,(H,29,31,32)/t17-,18+,23+/m0/s1. The number of nitrogens with one attached hydrogen (secondary N) is 1. The van der Waals surface area contributed by atoms with E-state index in [2.05, 4.69) is 20.3 Å². The van der Waals surface area contributed by atoms with Crippen LogP contribution in [0.25, 0.3) is 11.3 Å². The van der Waals surface area contributed by atoms with Crippen LogP contribution >= 0.6 is 0 Å². The van der Waals surface area contributed by atoms with Crippen molar-refractivity contribution in [2.24, 2.45) is 0 Å². The number of rotatable bonds is 7. The van der Waals surface area contributed by atoms with Crippen LogP contribution in [-0.4, -0.2) is 45.4 Å². The quantitative estimate of drug-likeness (QED) is 0.452. The minimum atomic E-state index is -0.460. The fourth-order valence-corrected chi connectivity index (χ4v) is 4.15. The highest BCUT2D eigenvalue weighted by Crippen LogP contribution is 2.28. The lowest BCUT2D eigenvalue weighted by atomic mass is 10.1. The second kappa shape index (κ2) is 10.2. The van der Waals surface area contributed by atoms with E-state index in [-0.39, 0.29) is 36.2 Å². The van der Waals surface area contributed by atoms with Crippen LogP contribution in [0.2, 0.25) is 0 Å². The van der Waals surface area contributed by atoms with Crippen LogP contribution in [-0.2, 0) is 9.47 Å². The van der Waals surface area contributed by atoms with Crippen molar-refractivity contribution >= 4 is 17.9 Å². The molecule has 0 bridgehead atoms. The topological polar surface area (TPSA) is 89.5 Å². The zero-order valence-corrected chi connectivity index (χ0v) is 21.4. The molecule has 0 spiro atoms. The zero-order valence-electron chi connectivity index (χ0n) is 21.4. The summed E-state index contributed by atoms with van der Waals surface area (Å²) in [5.74, 6) is 0.581. The number of hydrogen-bond donors (Lipinski definition) is 1. The summed E-state index contributed by atoms with van der Waals surface area (Å²) in [6.45, 7) is 11.8. The second-order valence-electron chi connectivity index (χ2n) is 9.99. The number of hydrogen-bond acceptors (Lipinski definition) is 7. The molecule has 0 unspecified atom stereocenters. The Kier molecular flexibility index (Phi) is 7.21. The number of pyridine rings is 1. The summed E-state index contributed by atoms with van der Waals surface area (Å²) in [5.41, 5.74) is 2.77.